The Kier molecular flexibility index (Phi) is 4.25. The van der Waals surface area contributed by atoms with Crippen molar-refractivity contribution in [3.8, 4) is 11.4 Å². The number of amides is 1. The molecule has 1 spiro atoms. The van der Waals surface area contributed by atoms with Crippen LogP contribution in [0.5, 0.6) is 0 Å². The van der Waals surface area contributed by atoms with Crippen LogP contribution in [-0.4, -0.2) is 47.6 Å². The van der Waals surface area contributed by atoms with Crippen LogP contribution in [0.3, 0.4) is 0 Å². The molecule has 1 aromatic heterocycles. The van der Waals surface area contributed by atoms with Crippen molar-refractivity contribution >= 4 is 5.91 Å². The summed E-state index contributed by atoms with van der Waals surface area (Å²) >= 11 is 0. The molecule has 1 fully saturated rings. The van der Waals surface area contributed by atoms with Crippen LogP contribution in [0.2, 0.25) is 0 Å². The van der Waals surface area contributed by atoms with E-state index in [1.165, 1.54) is 5.56 Å². The van der Waals surface area contributed by atoms with Crippen LogP contribution in [0.15, 0.2) is 36.5 Å². The Hall–Kier alpha value is -2.27. The van der Waals surface area contributed by atoms with Gasteiger partial charge in [-0.15, -0.1) is 0 Å². The van der Waals surface area contributed by atoms with E-state index in [0.717, 1.165) is 55.9 Å². The van der Waals surface area contributed by atoms with Gasteiger partial charge in [-0.3, -0.25) is 4.79 Å². The molecule has 2 heterocycles. The number of piperidine rings is 1. The van der Waals surface area contributed by atoms with Crippen molar-refractivity contribution in [2.75, 3.05) is 26.8 Å². The average molecular weight is 337 g/mol. The Balaban J connectivity index is 1.67. The monoisotopic (exact) mass is 337 g/mol. The molecule has 2 aromatic rings. The lowest BCUT2D eigenvalue weighted by atomic mass is 9.77. The van der Waals surface area contributed by atoms with Crippen LogP contribution in [0.1, 0.15) is 30.5 Å². The maximum absolute atomic E-state index is 12.3. The lowest BCUT2D eigenvalue weighted by Crippen LogP contribution is -2.49. The summed E-state index contributed by atoms with van der Waals surface area (Å²) in [6.45, 7) is 1.71. The number of methoxy groups -OCH3 is 1. The summed E-state index contributed by atoms with van der Waals surface area (Å²) in [6.07, 6.45) is 6.12. The normalized spacial score (nSPS) is 22.2. The molecule has 0 radical (unpaired) electrons. The van der Waals surface area contributed by atoms with E-state index in [1.54, 1.807) is 7.11 Å². The fourth-order valence-corrected chi connectivity index (χ4v) is 4.22. The number of aromatic nitrogens is 2. The number of nitrogens with zero attached hydrogens (tertiary/aromatic N) is 3. The molecule has 5 heteroatoms. The van der Waals surface area contributed by atoms with E-state index in [4.69, 9.17) is 9.72 Å². The van der Waals surface area contributed by atoms with Gasteiger partial charge in [0.15, 0.2) is 5.82 Å². The molecule has 1 aromatic carbocycles. The minimum atomic E-state index is -0.0244. The Bertz CT molecular complexity index is 774. The van der Waals surface area contributed by atoms with Gasteiger partial charge in [0.2, 0.25) is 5.91 Å². The standard InChI is InChI=1S/C20H23N3O2/c1-25-13-17(24)23-11-5-9-20(14-23)10-8-16-12-21-19(22-18(16)20)15-6-3-2-4-7-15/h2-4,6-7,12H,5,8-11,13-14H2,1H3. The summed E-state index contributed by atoms with van der Waals surface area (Å²) in [7, 11) is 1.57. The van der Waals surface area contributed by atoms with Gasteiger partial charge in [-0.25, -0.2) is 9.97 Å². The molecule has 0 saturated carbocycles. The Morgan fingerprint density at radius 2 is 2.12 bits per heavy atom. The maximum atomic E-state index is 12.3. The van der Waals surface area contributed by atoms with Gasteiger partial charge in [0, 0.05) is 37.4 Å². The maximum Gasteiger partial charge on any atom is 0.248 e. The molecule has 1 aliphatic carbocycles. The number of aryl methyl sites for hydroxylation is 1. The average Bonchev–Trinajstić information content (AvgIpc) is 3.00. The zero-order valence-corrected chi connectivity index (χ0v) is 14.6. The third kappa shape index (κ3) is 2.93. The van der Waals surface area contributed by atoms with Crippen molar-refractivity contribution in [2.45, 2.75) is 31.1 Å². The number of benzene rings is 1. The smallest absolute Gasteiger partial charge is 0.248 e. The molecule has 1 amide bonds. The van der Waals surface area contributed by atoms with Gasteiger partial charge in [-0.1, -0.05) is 30.3 Å². The molecule has 1 saturated heterocycles. The van der Waals surface area contributed by atoms with Gasteiger partial charge in [0.25, 0.3) is 0 Å². The van der Waals surface area contributed by atoms with Gasteiger partial charge in [0.1, 0.15) is 6.61 Å². The Labute approximate surface area is 148 Å². The molecule has 4 rings (SSSR count). The zero-order chi connectivity index (χ0) is 17.3. The summed E-state index contributed by atoms with van der Waals surface area (Å²) in [5, 5.41) is 0. The molecule has 1 atom stereocenters. The number of hydrogen-bond donors (Lipinski definition) is 0. The molecule has 1 unspecified atom stereocenters. The second kappa shape index (κ2) is 6.56. The summed E-state index contributed by atoms with van der Waals surface area (Å²) in [6, 6.07) is 10.1. The number of carbonyl (C=O) groups is 1. The Morgan fingerprint density at radius 1 is 1.28 bits per heavy atom. The molecule has 5 nitrogen and oxygen atoms in total. The van der Waals surface area contributed by atoms with E-state index in [9.17, 15) is 4.79 Å². The number of carbonyl (C=O) groups excluding carboxylic acids is 1. The van der Waals surface area contributed by atoms with E-state index in [1.807, 2.05) is 41.4 Å². The molecule has 130 valence electrons. The largest absolute Gasteiger partial charge is 0.375 e. The van der Waals surface area contributed by atoms with E-state index in [0.29, 0.717) is 0 Å². The van der Waals surface area contributed by atoms with Crippen LogP contribution in [-0.2, 0) is 21.4 Å². The van der Waals surface area contributed by atoms with E-state index in [2.05, 4.69) is 4.98 Å². The van der Waals surface area contributed by atoms with Gasteiger partial charge >= 0.3 is 0 Å². The van der Waals surface area contributed by atoms with Crippen molar-refractivity contribution in [2.24, 2.45) is 0 Å². The van der Waals surface area contributed by atoms with Gasteiger partial charge in [-0.2, -0.15) is 0 Å². The highest BCUT2D eigenvalue weighted by Gasteiger charge is 2.44. The highest BCUT2D eigenvalue weighted by Crippen LogP contribution is 2.44. The van der Waals surface area contributed by atoms with Gasteiger partial charge in [0.05, 0.1) is 5.69 Å². The minimum absolute atomic E-state index is 0.0244. The first-order chi connectivity index (χ1) is 12.2. The summed E-state index contributed by atoms with van der Waals surface area (Å²) in [4.78, 5) is 23.8. The third-order valence-corrected chi connectivity index (χ3v) is 5.47. The van der Waals surface area contributed by atoms with E-state index < -0.39 is 0 Å². The van der Waals surface area contributed by atoms with E-state index in [-0.39, 0.29) is 17.9 Å². The summed E-state index contributed by atoms with van der Waals surface area (Å²) in [5.41, 5.74) is 3.40. The predicted molar refractivity (Wildman–Crippen MR) is 95.2 cm³/mol. The van der Waals surface area contributed by atoms with Crippen molar-refractivity contribution in [1.29, 1.82) is 0 Å². The number of fused-ring (bicyclic) bond motifs is 2. The molecule has 2 aliphatic rings. The zero-order valence-electron chi connectivity index (χ0n) is 14.6. The third-order valence-electron chi connectivity index (χ3n) is 5.47. The van der Waals surface area contributed by atoms with Gasteiger partial charge < -0.3 is 9.64 Å². The molecular formula is C20H23N3O2. The van der Waals surface area contributed by atoms with Crippen LogP contribution in [0.25, 0.3) is 11.4 Å². The topological polar surface area (TPSA) is 55.3 Å². The quantitative estimate of drug-likeness (QED) is 0.864. The second-order valence-corrected chi connectivity index (χ2v) is 7.07. The first kappa shape index (κ1) is 16.2. The van der Waals surface area contributed by atoms with Crippen LogP contribution in [0, 0.1) is 0 Å². The second-order valence-electron chi connectivity index (χ2n) is 7.07. The highest BCUT2D eigenvalue weighted by molar-refractivity contribution is 5.77. The van der Waals surface area contributed by atoms with Gasteiger partial charge in [-0.05, 0) is 31.2 Å². The number of likely N-dealkylation sites (tertiary alicyclic amines) is 1. The van der Waals surface area contributed by atoms with Crippen molar-refractivity contribution < 1.29 is 9.53 Å². The van der Waals surface area contributed by atoms with Crippen molar-refractivity contribution in [3.63, 3.8) is 0 Å². The van der Waals surface area contributed by atoms with Crippen molar-refractivity contribution in [3.05, 3.63) is 47.8 Å². The molecule has 0 N–H and O–H groups in total. The highest BCUT2D eigenvalue weighted by atomic mass is 16.5. The fraction of sp³-hybridized carbons (Fsp3) is 0.450. The lowest BCUT2D eigenvalue weighted by Gasteiger charge is -2.40. The molecule has 25 heavy (non-hydrogen) atoms. The lowest BCUT2D eigenvalue weighted by molar-refractivity contribution is -0.137. The van der Waals surface area contributed by atoms with Crippen LogP contribution < -0.4 is 0 Å². The molecule has 0 bridgehead atoms. The number of rotatable bonds is 3. The van der Waals surface area contributed by atoms with Crippen molar-refractivity contribution in [1.82, 2.24) is 14.9 Å². The van der Waals surface area contributed by atoms with Crippen LogP contribution in [0.4, 0.5) is 0 Å². The first-order valence-electron chi connectivity index (χ1n) is 8.90. The first-order valence-corrected chi connectivity index (χ1v) is 8.90. The Morgan fingerprint density at radius 3 is 2.92 bits per heavy atom. The van der Waals surface area contributed by atoms with Crippen LogP contribution >= 0.6 is 0 Å². The summed E-state index contributed by atoms with van der Waals surface area (Å²) < 4.78 is 5.04. The SMILES string of the molecule is COCC(=O)N1CCCC2(CCc3cnc(-c4ccccc4)nc32)C1. The fourth-order valence-electron chi connectivity index (χ4n) is 4.22. The summed E-state index contributed by atoms with van der Waals surface area (Å²) in [5.74, 6) is 0.855. The molecular weight excluding hydrogens is 314 g/mol. The van der Waals surface area contributed by atoms with E-state index >= 15 is 0 Å². The minimum Gasteiger partial charge on any atom is -0.375 e. The number of hydrogen-bond acceptors (Lipinski definition) is 4. The molecule has 1 aliphatic heterocycles. The predicted octanol–water partition coefficient (Wildman–Crippen LogP) is 2.60. The number of ether oxygens (including phenoxy) is 1.